The lowest BCUT2D eigenvalue weighted by atomic mass is 9.99. The number of fused-ring (bicyclic) bond motifs is 1. The smallest absolute Gasteiger partial charge is 0.253 e. The molecule has 3 heteroatoms. The highest BCUT2D eigenvalue weighted by Crippen LogP contribution is 2.24. The van der Waals surface area contributed by atoms with Crippen LogP contribution in [0.2, 0.25) is 0 Å². The van der Waals surface area contributed by atoms with Gasteiger partial charge in [0.05, 0.1) is 16.8 Å². The van der Waals surface area contributed by atoms with Gasteiger partial charge in [0.2, 0.25) is 0 Å². The van der Waals surface area contributed by atoms with Crippen molar-refractivity contribution in [1.29, 1.82) is 0 Å². The summed E-state index contributed by atoms with van der Waals surface area (Å²) in [6.07, 6.45) is 8.02. The summed E-state index contributed by atoms with van der Waals surface area (Å²) in [4.78, 5) is 17.6. The molecule has 1 amide bonds. The maximum Gasteiger partial charge on any atom is 0.253 e. The zero-order chi connectivity index (χ0) is 16.2. The number of aryl methyl sites for hydroxylation is 2. The van der Waals surface area contributed by atoms with Crippen molar-refractivity contribution >= 4 is 16.8 Å². The molecule has 0 radical (unpaired) electrons. The molecule has 1 aromatic heterocycles. The summed E-state index contributed by atoms with van der Waals surface area (Å²) in [6, 6.07) is 8.41. The Hall–Kier alpha value is -1.90. The van der Waals surface area contributed by atoms with Crippen molar-refractivity contribution in [3.05, 3.63) is 41.1 Å². The Bertz CT molecular complexity index is 700. The monoisotopic (exact) mass is 310 g/mol. The number of carbonyl (C=O) groups is 1. The van der Waals surface area contributed by atoms with E-state index in [0.29, 0.717) is 6.04 Å². The van der Waals surface area contributed by atoms with Crippen LogP contribution in [-0.4, -0.2) is 16.9 Å². The number of para-hydroxylation sites is 1. The molecule has 1 aliphatic carbocycles. The first-order valence-electron chi connectivity index (χ1n) is 8.89. The van der Waals surface area contributed by atoms with Gasteiger partial charge in [0.15, 0.2) is 0 Å². The SMILES string of the molecule is CCc1nc2ccccc2c(C)c1C(=O)NC1CCCCCC1. The minimum absolute atomic E-state index is 0.0597. The lowest BCUT2D eigenvalue weighted by Crippen LogP contribution is -2.35. The molecule has 3 rings (SSSR count). The topological polar surface area (TPSA) is 42.0 Å². The van der Waals surface area contributed by atoms with Crippen LogP contribution in [0.4, 0.5) is 0 Å². The third kappa shape index (κ3) is 3.39. The van der Waals surface area contributed by atoms with Gasteiger partial charge in [0, 0.05) is 11.4 Å². The van der Waals surface area contributed by atoms with Crippen LogP contribution in [-0.2, 0) is 6.42 Å². The van der Waals surface area contributed by atoms with Gasteiger partial charge < -0.3 is 5.32 Å². The van der Waals surface area contributed by atoms with Crippen molar-refractivity contribution in [2.24, 2.45) is 0 Å². The normalized spacial score (nSPS) is 16.3. The van der Waals surface area contributed by atoms with Gasteiger partial charge in [-0.25, -0.2) is 0 Å². The molecule has 1 N–H and O–H groups in total. The minimum Gasteiger partial charge on any atom is -0.349 e. The van der Waals surface area contributed by atoms with Crippen LogP contribution in [0.25, 0.3) is 10.9 Å². The number of amides is 1. The Kier molecular flexibility index (Phi) is 4.94. The standard InChI is InChI=1S/C20H26N2O/c1-3-17-19(14(2)16-12-8-9-13-18(16)22-17)20(23)21-15-10-6-4-5-7-11-15/h8-9,12-13,15H,3-7,10-11H2,1-2H3,(H,21,23). The summed E-state index contributed by atoms with van der Waals surface area (Å²) in [7, 11) is 0. The fourth-order valence-corrected chi connectivity index (χ4v) is 3.68. The number of nitrogens with zero attached hydrogens (tertiary/aromatic N) is 1. The fourth-order valence-electron chi connectivity index (χ4n) is 3.68. The van der Waals surface area contributed by atoms with E-state index in [4.69, 9.17) is 4.98 Å². The van der Waals surface area contributed by atoms with Crippen molar-refractivity contribution in [3.8, 4) is 0 Å². The Morgan fingerprint density at radius 1 is 1.17 bits per heavy atom. The second-order valence-electron chi connectivity index (χ2n) is 6.59. The van der Waals surface area contributed by atoms with Gasteiger partial charge in [-0.1, -0.05) is 50.8 Å². The largest absolute Gasteiger partial charge is 0.349 e. The van der Waals surface area contributed by atoms with Crippen LogP contribution >= 0.6 is 0 Å². The van der Waals surface area contributed by atoms with Crippen LogP contribution in [0.1, 0.15) is 67.1 Å². The minimum atomic E-state index is 0.0597. The van der Waals surface area contributed by atoms with E-state index in [1.54, 1.807) is 0 Å². The Morgan fingerprint density at radius 2 is 1.87 bits per heavy atom. The number of hydrogen-bond acceptors (Lipinski definition) is 2. The number of nitrogens with one attached hydrogen (secondary N) is 1. The molecule has 0 aliphatic heterocycles. The summed E-state index contributed by atoms with van der Waals surface area (Å²) >= 11 is 0. The first kappa shape index (κ1) is 16.0. The summed E-state index contributed by atoms with van der Waals surface area (Å²) in [5.74, 6) is 0.0597. The van der Waals surface area contributed by atoms with E-state index in [0.717, 1.165) is 47.0 Å². The van der Waals surface area contributed by atoms with Gasteiger partial charge in [-0.2, -0.15) is 0 Å². The molecule has 1 aliphatic rings. The zero-order valence-corrected chi connectivity index (χ0v) is 14.2. The van der Waals surface area contributed by atoms with E-state index in [1.807, 2.05) is 25.1 Å². The van der Waals surface area contributed by atoms with E-state index >= 15 is 0 Å². The van der Waals surface area contributed by atoms with Gasteiger partial charge in [-0.05, 0) is 37.8 Å². The van der Waals surface area contributed by atoms with Gasteiger partial charge >= 0.3 is 0 Å². The molecule has 23 heavy (non-hydrogen) atoms. The molecular weight excluding hydrogens is 284 g/mol. The molecule has 1 saturated carbocycles. The molecule has 0 bridgehead atoms. The molecule has 0 atom stereocenters. The van der Waals surface area contributed by atoms with Crippen LogP contribution in [0.15, 0.2) is 24.3 Å². The van der Waals surface area contributed by atoms with Gasteiger partial charge in [-0.3, -0.25) is 9.78 Å². The number of benzene rings is 1. The molecular formula is C20H26N2O. The lowest BCUT2D eigenvalue weighted by Gasteiger charge is -2.19. The van der Waals surface area contributed by atoms with Crippen LogP contribution in [0.5, 0.6) is 0 Å². The van der Waals surface area contributed by atoms with Crippen molar-refractivity contribution in [2.75, 3.05) is 0 Å². The Morgan fingerprint density at radius 3 is 2.57 bits per heavy atom. The third-order valence-electron chi connectivity index (χ3n) is 4.98. The molecule has 0 unspecified atom stereocenters. The van der Waals surface area contributed by atoms with Crippen molar-refractivity contribution < 1.29 is 4.79 Å². The molecule has 1 heterocycles. The average molecular weight is 310 g/mol. The number of carbonyl (C=O) groups excluding carboxylic acids is 1. The molecule has 3 nitrogen and oxygen atoms in total. The Balaban J connectivity index is 1.93. The highest BCUT2D eigenvalue weighted by Gasteiger charge is 2.21. The lowest BCUT2D eigenvalue weighted by molar-refractivity contribution is 0.0931. The number of hydrogen-bond donors (Lipinski definition) is 1. The zero-order valence-electron chi connectivity index (χ0n) is 14.2. The quantitative estimate of drug-likeness (QED) is 0.845. The first-order chi connectivity index (χ1) is 11.2. The highest BCUT2D eigenvalue weighted by molar-refractivity contribution is 6.01. The number of aromatic nitrogens is 1. The Labute approximate surface area is 138 Å². The summed E-state index contributed by atoms with van der Waals surface area (Å²) in [6.45, 7) is 4.12. The summed E-state index contributed by atoms with van der Waals surface area (Å²) in [5, 5.41) is 4.36. The fraction of sp³-hybridized carbons (Fsp3) is 0.500. The third-order valence-corrected chi connectivity index (χ3v) is 4.98. The van der Waals surface area contributed by atoms with Crippen molar-refractivity contribution in [1.82, 2.24) is 10.3 Å². The van der Waals surface area contributed by atoms with Crippen molar-refractivity contribution in [3.63, 3.8) is 0 Å². The number of pyridine rings is 1. The molecule has 0 spiro atoms. The number of rotatable bonds is 3. The molecule has 0 saturated heterocycles. The summed E-state index contributed by atoms with van der Waals surface area (Å²) < 4.78 is 0. The second-order valence-corrected chi connectivity index (χ2v) is 6.59. The molecule has 1 aromatic carbocycles. The second kappa shape index (κ2) is 7.12. The van der Waals surface area contributed by atoms with Gasteiger partial charge in [0.25, 0.3) is 5.91 Å². The highest BCUT2D eigenvalue weighted by atomic mass is 16.1. The molecule has 1 fully saturated rings. The summed E-state index contributed by atoms with van der Waals surface area (Å²) in [5.41, 5.74) is 3.73. The average Bonchev–Trinajstić information content (AvgIpc) is 2.83. The van der Waals surface area contributed by atoms with E-state index in [1.165, 1.54) is 25.7 Å². The predicted octanol–water partition coefficient (Wildman–Crippen LogP) is 4.56. The first-order valence-corrected chi connectivity index (χ1v) is 8.89. The van der Waals surface area contributed by atoms with Crippen LogP contribution in [0, 0.1) is 6.92 Å². The molecule has 2 aromatic rings. The maximum absolute atomic E-state index is 12.9. The van der Waals surface area contributed by atoms with Gasteiger partial charge in [0.1, 0.15) is 0 Å². The van der Waals surface area contributed by atoms with Crippen LogP contribution < -0.4 is 5.32 Å². The van der Waals surface area contributed by atoms with Crippen molar-refractivity contribution in [2.45, 2.75) is 64.8 Å². The van der Waals surface area contributed by atoms with E-state index in [-0.39, 0.29) is 5.91 Å². The predicted molar refractivity (Wildman–Crippen MR) is 94.8 cm³/mol. The van der Waals surface area contributed by atoms with E-state index in [2.05, 4.69) is 18.3 Å². The van der Waals surface area contributed by atoms with E-state index < -0.39 is 0 Å². The van der Waals surface area contributed by atoms with E-state index in [9.17, 15) is 4.79 Å². The molecule has 122 valence electrons. The van der Waals surface area contributed by atoms with Crippen LogP contribution in [0.3, 0.4) is 0 Å². The maximum atomic E-state index is 12.9. The van der Waals surface area contributed by atoms with Gasteiger partial charge in [-0.15, -0.1) is 0 Å².